The highest BCUT2D eigenvalue weighted by atomic mass is 79.9. The van der Waals surface area contributed by atoms with Crippen LogP contribution in [0.15, 0.2) is 24.4 Å². The van der Waals surface area contributed by atoms with Crippen molar-refractivity contribution in [2.24, 2.45) is 7.05 Å². The quantitative estimate of drug-likeness (QED) is 0.681. The van der Waals surface area contributed by atoms with E-state index in [2.05, 4.69) is 27.1 Å². The number of rotatable bonds is 1. The number of halogens is 1. The average molecular weight is 225 g/mol. The van der Waals surface area contributed by atoms with Gasteiger partial charge in [-0.15, -0.1) is 0 Å². The molecule has 0 N–H and O–H groups in total. The Morgan fingerprint density at radius 2 is 2.33 bits per heavy atom. The second kappa shape index (κ2) is 2.90. The summed E-state index contributed by atoms with van der Waals surface area (Å²) in [5.41, 5.74) is 2.36. The van der Waals surface area contributed by atoms with Crippen LogP contribution in [0.5, 0.6) is 0 Å². The third kappa shape index (κ3) is 1.14. The monoisotopic (exact) mass is 224 g/mol. The van der Waals surface area contributed by atoms with E-state index < -0.39 is 0 Å². The van der Waals surface area contributed by atoms with Crippen LogP contribution in [-0.2, 0) is 12.4 Å². The minimum atomic E-state index is 0.885. The van der Waals surface area contributed by atoms with Crippen LogP contribution in [-0.4, -0.2) is 9.78 Å². The van der Waals surface area contributed by atoms with Crippen LogP contribution in [0.1, 0.15) is 5.56 Å². The Balaban J connectivity index is 2.78. The van der Waals surface area contributed by atoms with Gasteiger partial charge in [-0.25, -0.2) is 0 Å². The summed E-state index contributed by atoms with van der Waals surface area (Å²) in [6, 6.07) is 6.17. The smallest absolute Gasteiger partial charge is 0.0926 e. The molecule has 0 fully saturated rings. The summed E-state index contributed by atoms with van der Waals surface area (Å²) < 4.78 is 1.84. The molecule has 0 spiro atoms. The summed E-state index contributed by atoms with van der Waals surface area (Å²) >= 11 is 3.45. The van der Waals surface area contributed by atoms with E-state index in [1.807, 2.05) is 30.1 Å². The molecule has 12 heavy (non-hydrogen) atoms. The summed E-state index contributed by atoms with van der Waals surface area (Å²) in [6.45, 7) is 0. The van der Waals surface area contributed by atoms with Crippen molar-refractivity contribution in [2.45, 2.75) is 5.33 Å². The van der Waals surface area contributed by atoms with Crippen LogP contribution in [0.2, 0.25) is 0 Å². The van der Waals surface area contributed by atoms with E-state index in [9.17, 15) is 0 Å². The lowest BCUT2D eigenvalue weighted by atomic mass is 10.1. The van der Waals surface area contributed by atoms with Crippen molar-refractivity contribution in [1.29, 1.82) is 0 Å². The summed E-state index contributed by atoms with van der Waals surface area (Å²) in [4.78, 5) is 0. The molecule has 0 saturated heterocycles. The Morgan fingerprint density at radius 1 is 1.50 bits per heavy atom. The molecule has 0 aliphatic heterocycles. The van der Waals surface area contributed by atoms with Crippen molar-refractivity contribution < 1.29 is 0 Å². The topological polar surface area (TPSA) is 17.8 Å². The van der Waals surface area contributed by atoms with E-state index >= 15 is 0 Å². The first-order valence-corrected chi connectivity index (χ1v) is 4.90. The Morgan fingerprint density at radius 3 is 3.08 bits per heavy atom. The largest absolute Gasteiger partial charge is 0.275 e. The Labute approximate surface area is 79.3 Å². The molecule has 0 amide bonds. The molecule has 0 atom stereocenters. The van der Waals surface area contributed by atoms with Gasteiger partial charge in [-0.3, -0.25) is 4.68 Å². The lowest BCUT2D eigenvalue weighted by Gasteiger charge is -1.94. The molecule has 2 nitrogen and oxygen atoms in total. The van der Waals surface area contributed by atoms with E-state index in [0.29, 0.717) is 0 Å². The van der Waals surface area contributed by atoms with E-state index in [-0.39, 0.29) is 0 Å². The molecule has 0 aliphatic carbocycles. The van der Waals surface area contributed by atoms with Gasteiger partial charge in [-0.05, 0) is 11.6 Å². The zero-order chi connectivity index (χ0) is 8.55. The van der Waals surface area contributed by atoms with Gasteiger partial charge in [0, 0.05) is 24.0 Å². The lowest BCUT2D eigenvalue weighted by Crippen LogP contribution is -1.84. The number of hydrogen-bond donors (Lipinski definition) is 0. The van der Waals surface area contributed by atoms with Gasteiger partial charge < -0.3 is 0 Å². The number of alkyl halides is 1. The third-order valence-electron chi connectivity index (χ3n) is 1.90. The van der Waals surface area contributed by atoms with Crippen molar-refractivity contribution in [3.63, 3.8) is 0 Å². The first-order chi connectivity index (χ1) is 5.81. The van der Waals surface area contributed by atoms with Gasteiger partial charge in [0.1, 0.15) is 0 Å². The normalized spacial score (nSPS) is 10.8. The van der Waals surface area contributed by atoms with Gasteiger partial charge in [-0.2, -0.15) is 5.10 Å². The van der Waals surface area contributed by atoms with Crippen LogP contribution in [0.4, 0.5) is 0 Å². The van der Waals surface area contributed by atoms with Crippen LogP contribution < -0.4 is 0 Å². The summed E-state index contributed by atoms with van der Waals surface area (Å²) in [7, 11) is 1.94. The predicted octanol–water partition coefficient (Wildman–Crippen LogP) is 2.47. The zero-order valence-corrected chi connectivity index (χ0v) is 8.37. The van der Waals surface area contributed by atoms with E-state index in [4.69, 9.17) is 0 Å². The highest BCUT2D eigenvalue weighted by Gasteiger charge is 2.01. The molecule has 0 aliphatic rings. The van der Waals surface area contributed by atoms with Crippen molar-refractivity contribution in [3.05, 3.63) is 30.0 Å². The van der Waals surface area contributed by atoms with E-state index in [1.54, 1.807) is 0 Å². The maximum absolute atomic E-state index is 4.32. The van der Waals surface area contributed by atoms with Gasteiger partial charge >= 0.3 is 0 Å². The Hall–Kier alpha value is -0.830. The summed E-state index contributed by atoms with van der Waals surface area (Å²) in [5.74, 6) is 0. The second-order valence-corrected chi connectivity index (χ2v) is 3.35. The Bertz CT molecular complexity index is 406. The fourth-order valence-corrected chi connectivity index (χ4v) is 1.83. The number of fused-ring (bicyclic) bond motifs is 1. The molecule has 2 rings (SSSR count). The summed E-state index contributed by atoms with van der Waals surface area (Å²) in [6.07, 6.45) is 2.05. The molecule has 0 saturated carbocycles. The fourth-order valence-electron chi connectivity index (χ4n) is 1.34. The molecule has 62 valence electrons. The third-order valence-corrected chi connectivity index (χ3v) is 2.50. The predicted molar refractivity (Wildman–Crippen MR) is 53.3 cm³/mol. The molecule has 1 aromatic heterocycles. The van der Waals surface area contributed by atoms with Gasteiger partial charge in [0.2, 0.25) is 0 Å². The van der Waals surface area contributed by atoms with Gasteiger partial charge in [0.15, 0.2) is 0 Å². The van der Waals surface area contributed by atoms with Gasteiger partial charge in [-0.1, -0.05) is 28.1 Å². The highest BCUT2D eigenvalue weighted by Crippen LogP contribution is 2.18. The molecular weight excluding hydrogens is 216 g/mol. The van der Waals surface area contributed by atoms with Crippen LogP contribution in [0.3, 0.4) is 0 Å². The number of hydrogen-bond acceptors (Lipinski definition) is 1. The average Bonchev–Trinajstić information content (AvgIpc) is 2.44. The van der Waals surface area contributed by atoms with Gasteiger partial charge in [0.25, 0.3) is 0 Å². The number of aryl methyl sites for hydroxylation is 1. The van der Waals surface area contributed by atoms with Crippen molar-refractivity contribution in [2.75, 3.05) is 0 Å². The maximum Gasteiger partial charge on any atom is 0.0926 e. The fraction of sp³-hybridized carbons (Fsp3) is 0.222. The molecule has 0 radical (unpaired) electrons. The van der Waals surface area contributed by atoms with Crippen molar-refractivity contribution in [1.82, 2.24) is 9.78 Å². The van der Waals surface area contributed by atoms with Crippen LogP contribution in [0.25, 0.3) is 10.9 Å². The van der Waals surface area contributed by atoms with E-state index in [0.717, 1.165) is 10.8 Å². The SMILES string of the molecule is Cn1cc2c(CBr)cccc2n1. The second-order valence-electron chi connectivity index (χ2n) is 2.79. The number of aromatic nitrogens is 2. The number of nitrogens with zero attached hydrogens (tertiary/aromatic N) is 2. The van der Waals surface area contributed by atoms with Crippen LogP contribution in [0, 0.1) is 0 Å². The standard InChI is InChI=1S/C9H9BrN2/c1-12-6-8-7(5-10)3-2-4-9(8)11-12/h2-4,6H,5H2,1H3. The molecular formula is C9H9BrN2. The van der Waals surface area contributed by atoms with E-state index in [1.165, 1.54) is 10.9 Å². The lowest BCUT2D eigenvalue weighted by molar-refractivity contribution is 0.779. The highest BCUT2D eigenvalue weighted by molar-refractivity contribution is 9.08. The number of benzene rings is 1. The molecule has 0 unspecified atom stereocenters. The van der Waals surface area contributed by atoms with Gasteiger partial charge in [0.05, 0.1) is 5.52 Å². The van der Waals surface area contributed by atoms with Crippen LogP contribution >= 0.6 is 15.9 Å². The molecule has 0 bridgehead atoms. The molecule has 1 aromatic carbocycles. The van der Waals surface area contributed by atoms with Crippen molar-refractivity contribution >= 4 is 26.8 Å². The Kier molecular flexibility index (Phi) is 1.89. The molecule has 1 heterocycles. The van der Waals surface area contributed by atoms with Crippen molar-refractivity contribution in [3.8, 4) is 0 Å². The first kappa shape index (κ1) is 7.80. The maximum atomic E-state index is 4.32. The summed E-state index contributed by atoms with van der Waals surface area (Å²) in [5, 5.41) is 6.44. The minimum absolute atomic E-state index is 0.885. The minimum Gasteiger partial charge on any atom is -0.275 e. The molecule has 3 heteroatoms. The zero-order valence-electron chi connectivity index (χ0n) is 6.79. The first-order valence-electron chi connectivity index (χ1n) is 3.78. The molecule has 2 aromatic rings.